The molecule has 26 heavy (non-hydrogen) atoms. The number of pyridine rings is 1. The Balaban J connectivity index is 1.91. The number of aromatic nitrogens is 1. The predicted octanol–water partition coefficient (Wildman–Crippen LogP) is 2.34. The second-order valence-corrected chi connectivity index (χ2v) is 6.85. The minimum absolute atomic E-state index is 0.421. The maximum Gasteiger partial charge on any atom is 0.113 e. The largest absolute Gasteiger partial charge is 0.387 e. The fourth-order valence-corrected chi connectivity index (χ4v) is 4.01. The molecule has 4 atom stereocenters. The molecule has 4 N–H and O–H groups in total. The second kappa shape index (κ2) is 5.46. The summed E-state index contributed by atoms with van der Waals surface area (Å²) in [6.45, 7) is 0. The standard InChI is InChI=1S/C21H17NO4/c23-18-12-6-8-16-14(17(12)19(24)21(26)20(18)25)9-13-11-4-2-1-3-10(11)5-7-15(13)22-16/h1-9,18-21,23-26H/t18-,19+,20+,21-/m0/s1. The lowest BCUT2D eigenvalue weighted by atomic mass is 9.81. The van der Waals surface area contributed by atoms with Crippen LogP contribution in [0.4, 0.5) is 0 Å². The van der Waals surface area contributed by atoms with Gasteiger partial charge in [0.05, 0.1) is 11.0 Å². The summed E-state index contributed by atoms with van der Waals surface area (Å²) < 4.78 is 0. The van der Waals surface area contributed by atoms with Gasteiger partial charge in [0.2, 0.25) is 0 Å². The van der Waals surface area contributed by atoms with Gasteiger partial charge in [0, 0.05) is 10.8 Å². The summed E-state index contributed by atoms with van der Waals surface area (Å²) in [6, 6.07) is 17.3. The van der Waals surface area contributed by atoms with Gasteiger partial charge in [-0.15, -0.1) is 0 Å². The summed E-state index contributed by atoms with van der Waals surface area (Å²) in [5.74, 6) is 0. The first-order chi connectivity index (χ1) is 12.6. The fraction of sp³-hybridized carbons (Fsp3) is 0.190. The molecule has 1 heterocycles. The van der Waals surface area contributed by atoms with E-state index >= 15 is 0 Å². The molecule has 0 saturated carbocycles. The molecule has 130 valence electrons. The molecule has 5 heteroatoms. The van der Waals surface area contributed by atoms with Crippen LogP contribution in [0.2, 0.25) is 0 Å². The number of fused-ring (bicyclic) bond motifs is 6. The summed E-state index contributed by atoms with van der Waals surface area (Å²) in [5.41, 5.74) is 2.35. The third-order valence-electron chi connectivity index (χ3n) is 5.39. The summed E-state index contributed by atoms with van der Waals surface area (Å²) in [4.78, 5) is 4.70. The van der Waals surface area contributed by atoms with E-state index in [1.807, 2.05) is 42.5 Å². The molecular weight excluding hydrogens is 330 g/mol. The van der Waals surface area contributed by atoms with Crippen LogP contribution < -0.4 is 0 Å². The molecule has 1 aliphatic rings. The van der Waals surface area contributed by atoms with E-state index in [-0.39, 0.29) is 0 Å². The molecule has 3 aromatic carbocycles. The molecule has 0 aliphatic heterocycles. The molecule has 0 spiro atoms. The van der Waals surface area contributed by atoms with E-state index in [0.717, 1.165) is 21.7 Å². The van der Waals surface area contributed by atoms with E-state index in [4.69, 9.17) is 4.98 Å². The van der Waals surface area contributed by atoms with Gasteiger partial charge in [-0.1, -0.05) is 36.4 Å². The van der Waals surface area contributed by atoms with Crippen LogP contribution >= 0.6 is 0 Å². The fourth-order valence-electron chi connectivity index (χ4n) is 4.01. The second-order valence-electron chi connectivity index (χ2n) is 6.85. The summed E-state index contributed by atoms with van der Waals surface area (Å²) in [6.07, 6.45) is -5.42. The van der Waals surface area contributed by atoms with Crippen molar-refractivity contribution >= 4 is 32.6 Å². The minimum Gasteiger partial charge on any atom is -0.387 e. The number of hydrogen-bond acceptors (Lipinski definition) is 5. The molecular formula is C21H17NO4. The van der Waals surface area contributed by atoms with Gasteiger partial charge in [-0.05, 0) is 40.1 Å². The molecule has 1 aliphatic carbocycles. The van der Waals surface area contributed by atoms with Gasteiger partial charge in [-0.2, -0.15) is 0 Å². The van der Waals surface area contributed by atoms with Crippen molar-refractivity contribution in [3.8, 4) is 0 Å². The SMILES string of the molecule is O[C@@H]1[C@H](O)[C@@H](O)c2ccc3nc4ccc5ccccc5c4cc3c2[C@H]1O. The lowest BCUT2D eigenvalue weighted by molar-refractivity contribution is -0.119. The maximum atomic E-state index is 10.6. The number of aliphatic hydroxyl groups excluding tert-OH is 4. The van der Waals surface area contributed by atoms with E-state index < -0.39 is 24.4 Å². The Bertz CT molecular complexity index is 1170. The molecule has 5 rings (SSSR count). The van der Waals surface area contributed by atoms with Gasteiger partial charge in [-0.25, -0.2) is 4.98 Å². The van der Waals surface area contributed by atoms with Crippen LogP contribution in [-0.2, 0) is 0 Å². The minimum atomic E-state index is -1.45. The van der Waals surface area contributed by atoms with Crippen molar-refractivity contribution in [2.45, 2.75) is 24.4 Å². The number of rotatable bonds is 0. The van der Waals surface area contributed by atoms with Crippen molar-refractivity contribution in [3.05, 3.63) is 65.7 Å². The number of nitrogens with zero attached hydrogens (tertiary/aromatic N) is 1. The zero-order chi connectivity index (χ0) is 18.0. The van der Waals surface area contributed by atoms with E-state index in [9.17, 15) is 20.4 Å². The predicted molar refractivity (Wildman–Crippen MR) is 98.7 cm³/mol. The quantitative estimate of drug-likeness (QED) is 0.289. The highest BCUT2D eigenvalue weighted by molar-refractivity contribution is 6.10. The molecule has 0 saturated heterocycles. The lowest BCUT2D eigenvalue weighted by Crippen LogP contribution is -2.41. The Hall–Kier alpha value is -2.57. The van der Waals surface area contributed by atoms with Crippen LogP contribution in [0.5, 0.6) is 0 Å². The van der Waals surface area contributed by atoms with Crippen LogP contribution in [0.1, 0.15) is 23.3 Å². The van der Waals surface area contributed by atoms with Crippen molar-refractivity contribution in [1.82, 2.24) is 4.98 Å². The van der Waals surface area contributed by atoms with E-state index in [2.05, 4.69) is 0 Å². The number of hydrogen-bond donors (Lipinski definition) is 4. The Morgan fingerprint density at radius 3 is 2.19 bits per heavy atom. The van der Waals surface area contributed by atoms with E-state index in [0.29, 0.717) is 22.0 Å². The highest BCUT2D eigenvalue weighted by atomic mass is 16.4. The Morgan fingerprint density at radius 2 is 1.35 bits per heavy atom. The Labute approximate surface area is 148 Å². The summed E-state index contributed by atoms with van der Waals surface area (Å²) in [7, 11) is 0. The van der Waals surface area contributed by atoms with Gasteiger partial charge in [0.25, 0.3) is 0 Å². The third-order valence-corrected chi connectivity index (χ3v) is 5.39. The topological polar surface area (TPSA) is 93.8 Å². The average molecular weight is 347 g/mol. The highest BCUT2D eigenvalue weighted by Crippen LogP contribution is 2.41. The van der Waals surface area contributed by atoms with Gasteiger partial charge in [-0.3, -0.25) is 0 Å². The first kappa shape index (κ1) is 15.7. The van der Waals surface area contributed by atoms with Gasteiger partial charge in [0.1, 0.15) is 24.4 Å². The first-order valence-corrected chi connectivity index (χ1v) is 8.53. The number of aliphatic hydroxyl groups is 4. The van der Waals surface area contributed by atoms with Crippen LogP contribution in [0, 0.1) is 0 Å². The average Bonchev–Trinajstić information content (AvgIpc) is 2.68. The summed E-state index contributed by atoms with van der Waals surface area (Å²) in [5, 5.41) is 44.7. The molecule has 0 radical (unpaired) electrons. The molecule has 5 nitrogen and oxygen atoms in total. The molecule has 1 aromatic heterocycles. The van der Waals surface area contributed by atoms with E-state index in [1.165, 1.54) is 0 Å². The number of benzene rings is 3. The first-order valence-electron chi connectivity index (χ1n) is 8.53. The smallest absolute Gasteiger partial charge is 0.113 e. The molecule has 0 fully saturated rings. The van der Waals surface area contributed by atoms with Crippen LogP contribution in [0.25, 0.3) is 32.6 Å². The highest BCUT2D eigenvalue weighted by Gasteiger charge is 2.40. The van der Waals surface area contributed by atoms with Crippen molar-refractivity contribution < 1.29 is 20.4 Å². The molecule has 0 amide bonds. The zero-order valence-electron chi connectivity index (χ0n) is 13.7. The van der Waals surface area contributed by atoms with E-state index in [1.54, 1.807) is 12.1 Å². The monoisotopic (exact) mass is 347 g/mol. The molecule has 0 bridgehead atoms. The molecule has 0 unspecified atom stereocenters. The van der Waals surface area contributed by atoms with Crippen LogP contribution in [0.15, 0.2) is 54.6 Å². The van der Waals surface area contributed by atoms with Crippen molar-refractivity contribution in [3.63, 3.8) is 0 Å². The zero-order valence-corrected chi connectivity index (χ0v) is 13.7. The normalized spacial score (nSPS) is 25.7. The van der Waals surface area contributed by atoms with Crippen LogP contribution in [-0.4, -0.2) is 37.6 Å². The van der Waals surface area contributed by atoms with Gasteiger partial charge in [0.15, 0.2) is 0 Å². The third kappa shape index (κ3) is 2.03. The Kier molecular flexibility index (Phi) is 3.29. The van der Waals surface area contributed by atoms with Crippen molar-refractivity contribution in [1.29, 1.82) is 0 Å². The molecule has 4 aromatic rings. The maximum absolute atomic E-state index is 10.6. The van der Waals surface area contributed by atoms with Crippen molar-refractivity contribution in [2.75, 3.05) is 0 Å². The van der Waals surface area contributed by atoms with Crippen LogP contribution in [0.3, 0.4) is 0 Å². The van der Waals surface area contributed by atoms with Crippen molar-refractivity contribution in [2.24, 2.45) is 0 Å². The Morgan fingerprint density at radius 1 is 0.654 bits per heavy atom. The van der Waals surface area contributed by atoms with Gasteiger partial charge >= 0.3 is 0 Å². The summed E-state index contributed by atoms with van der Waals surface area (Å²) >= 11 is 0. The van der Waals surface area contributed by atoms with Gasteiger partial charge < -0.3 is 20.4 Å². The lowest BCUT2D eigenvalue weighted by Gasteiger charge is -2.35.